The van der Waals surface area contributed by atoms with Gasteiger partial charge in [-0.1, -0.05) is 31.2 Å². The molecule has 1 saturated carbocycles. The van der Waals surface area contributed by atoms with Crippen LogP contribution in [0, 0.1) is 0 Å². The van der Waals surface area contributed by atoms with E-state index >= 15 is 0 Å². The lowest BCUT2D eigenvalue weighted by molar-refractivity contribution is -0.156. The lowest BCUT2D eigenvalue weighted by Gasteiger charge is -2.35. The van der Waals surface area contributed by atoms with Crippen LogP contribution in [0.25, 0.3) is 0 Å². The van der Waals surface area contributed by atoms with Crippen molar-refractivity contribution in [2.24, 2.45) is 0 Å². The van der Waals surface area contributed by atoms with Gasteiger partial charge in [0.05, 0.1) is 13.0 Å². The number of aliphatic hydroxyl groups is 2. The fraction of sp³-hybridized carbons (Fsp3) is 0.556. The molecule has 214 valence electrons. The first-order valence-corrected chi connectivity index (χ1v) is 15.8. The van der Waals surface area contributed by atoms with Gasteiger partial charge in [0.25, 0.3) is 0 Å². The summed E-state index contributed by atoms with van der Waals surface area (Å²) in [6.07, 6.45) is 4.38. The van der Waals surface area contributed by atoms with Crippen molar-refractivity contribution in [2.75, 3.05) is 6.61 Å². The van der Waals surface area contributed by atoms with Gasteiger partial charge in [0.15, 0.2) is 6.23 Å². The Labute approximate surface area is 234 Å². The SMILES string of the molecule is C=C1C=CN([C@@H]2O[C@H](COP(=S)(NC(C)C(=O)OC3CCCCC3)Oc3ccccc3)[C@@H](O)[C@@]2(C)O)C(=O)C1. The predicted molar refractivity (Wildman–Crippen MR) is 148 cm³/mol. The maximum Gasteiger partial charge on any atom is 0.323 e. The van der Waals surface area contributed by atoms with Gasteiger partial charge in [-0.2, -0.15) is 0 Å². The highest BCUT2D eigenvalue weighted by molar-refractivity contribution is 8.09. The first-order valence-electron chi connectivity index (χ1n) is 13.2. The number of nitrogens with one attached hydrogen (secondary N) is 1. The predicted octanol–water partition coefficient (Wildman–Crippen LogP) is 3.30. The van der Waals surface area contributed by atoms with E-state index in [1.165, 1.54) is 18.0 Å². The van der Waals surface area contributed by atoms with E-state index in [4.69, 9.17) is 30.3 Å². The van der Waals surface area contributed by atoms with Crippen LogP contribution in [-0.4, -0.2) is 69.8 Å². The van der Waals surface area contributed by atoms with Gasteiger partial charge < -0.3 is 28.7 Å². The maximum absolute atomic E-state index is 12.8. The summed E-state index contributed by atoms with van der Waals surface area (Å²) in [5.41, 5.74) is -1.16. The summed E-state index contributed by atoms with van der Waals surface area (Å²) in [5, 5.41) is 25.0. The zero-order valence-corrected chi connectivity index (χ0v) is 23.9. The Bertz CT molecular complexity index is 1120. The monoisotopic (exact) mass is 580 g/mol. The highest BCUT2D eigenvalue weighted by Gasteiger charge is 2.55. The number of rotatable bonds is 10. The van der Waals surface area contributed by atoms with Crippen molar-refractivity contribution in [3.05, 3.63) is 54.8 Å². The summed E-state index contributed by atoms with van der Waals surface area (Å²) in [6.45, 7) is 3.15. The van der Waals surface area contributed by atoms with Crippen LogP contribution in [0.3, 0.4) is 0 Å². The molecule has 1 saturated heterocycles. The Morgan fingerprint density at radius 2 is 2.00 bits per heavy atom. The highest BCUT2D eigenvalue weighted by atomic mass is 32.5. The standard InChI is InChI=1S/C27H37N2O8PS/c1-18-14-15-29(23(30)16-18)26-27(3,33)24(31)22(36-26)17-34-38(39,37-21-12-8-5-9-13-21)28-19(2)25(32)35-20-10-6-4-7-11-20/h5,8-9,12-15,19-20,22,24,26,31,33H,1,4,6-7,10-11,16-17H2,2-3H3,(H,28,39)/t19?,22-,24-,26-,27-,38?/m1/s1. The number of esters is 1. The second-order valence-corrected chi connectivity index (χ2v) is 13.5. The largest absolute Gasteiger partial charge is 0.461 e. The molecule has 2 aliphatic heterocycles. The molecule has 1 aliphatic carbocycles. The smallest absolute Gasteiger partial charge is 0.323 e. The van der Waals surface area contributed by atoms with Crippen molar-refractivity contribution in [2.45, 2.75) is 88.6 Å². The molecule has 12 heteroatoms. The van der Waals surface area contributed by atoms with Gasteiger partial charge in [0.2, 0.25) is 5.91 Å². The molecule has 39 heavy (non-hydrogen) atoms. The molecule has 0 aromatic heterocycles. The zero-order chi connectivity index (χ0) is 28.2. The lowest BCUT2D eigenvalue weighted by atomic mass is 9.95. The van der Waals surface area contributed by atoms with Crippen LogP contribution in [-0.2, 0) is 35.4 Å². The van der Waals surface area contributed by atoms with Crippen LogP contribution in [0.1, 0.15) is 52.4 Å². The third kappa shape index (κ3) is 7.35. The number of carbonyl (C=O) groups excluding carboxylic acids is 2. The van der Waals surface area contributed by atoms with Crippen LogP contribution < -0.4 is 9.61 Å². The van der Waals surface area contributed by atoms with Crippen molar-refractivity contribution in [3.8, 4) is 5.75 Å². The molecule has 2 fully saturated rings. The molecule has 1 aromatic carbocycles. The first-order chi connectivity index (χ1) is 18.5. The Morgan fingerprint density at radius 1 is 1.31 bits per heavy atom. The first kappa shape index (κ1) is 29.9. The quantitative estimate of drug-likeness (QED) is 0.280. The van der Waals surface area contributed by atoms with Gasteiger partial charge in [-0.3, -0.25) is 14.5 Å². The summed E-state index contributed by atoms with van der Waals surface area (Å²) < 4.78 is 23.7. The number of para-hydroxylation sites is 1. The minimum Gasteiger partial charge on any atom is -0.461 e. The zero-order valence-electron chi connectivity index (χ0n) is 22.2. The van der Waals surface area contributed by atoms with Gasteiger partial charge in [0, 0.05) is 6.20 Å². The van der Waals surface area contributed by atoms with Crippen molar-refractivity contribution >= 4 is 30.3 Å². The average Bonchev–Trinajstić information content (AvgIpc) is 3.12. The molecule has 0 bridgehead atoms. The summed E-state index contributed by atoms with van der Waals surface area (Å²) in [4.78, 5) is 26.7. The third-order valence-corrected chi connectivity index (χ3v) is 9.56. The molecule has 10 nitrogen and oxygen atoms in total. The molecule has 4 rings (SSSR count). The van der Waals surface area contributed by atoms with E-state index in [2.05, 4.69) is 11.7 Å². The molecule has 3 aliphatic rings. The number of aliphatic hydroxyl groups excluding tert-OH is 1. The molecule has 2 heterocycles. The number of hydrogen-bond acceptors (Lipinski definition) is 9. The van der Waals surface area contributed by atoms with Crippen LogP contribution in [0.5, 0.6) is 5.75 Å². The minimum atomic E-state index is -3.39. The van der Waals surface area contributed by atoms with Crippen molar-refractivity contribution in [1.82, 2.24) is 9.99 Å². The van der Waals surface area contributed by atoms with E-state index in [0.29, 0.717) is 11.3 Å². The van der Waals surface area contributed by atoms with E-state index in [1.54, 1.807) is 37.3 Å². The number of ether oxygens (including phenoxy) is 2. The van der Waals surface area contributed by atoms with E-state index in [-0.39, 0.29) is 25.0 Å². The topological polar surface area (TPSA) is 127 Å². The number of hydrogen-bond donors (Lipinski definition) is 3. The van der Waals surface area contributed by atoms with E-state index in [9.17, 15) is 19.8 Å². The van der Waals surface area contributed by atoms with Gasteiger partial charge in [0.1, 0.15) is 35.7 Å². The second kappa shape index (κ2) is 12.6. The molecule has 1 aromatic rings. The summed E-state index contributed by atoms with van der Waals surface area (Å²) in [5.74, 6) is -0.331. The highest BCUT2D eigenvalue weighted by Crippen LogP contribution is 2.47. The van der Waals surface area contributed by atoms with Crippen LogP contribution in [0.2, 0.25) is 0 Å². The molecule has 0 spiro atoms. The second-order valence-electron chi connectivity index (χ2n) is 10.4. The normalized spacial score (nSPS) is 30.2. The fourth-order valence-corrected chi connectivity index (χ4v) is 7.24. The summed E-state index contributed by atoms with van der Waals surface area (Å²) in [7, 11) is 0. The molecule has 6 atom stereocenters. The van der Waals surface area contributed by atoms with Gasteiger partial charge in [-0.25, -0.2) is 5.09 Å². The molecular formula is C27H37N2O8PS. The maximum atomic E-state index is 12.8. The Kier molecular flexibility index (Phi) is 9.65. The Morgan fingerprint density at radius 3 is 2.67 bits per heavy atom. The van der Waals surface area contributed by atoms with Crippen molar-refractivity contribution in [3.63, 3.8) is 0 Å². The van der Waals surface area contributed by atoms with E-state index in [1.807, 2.05) is 6.07 Å². The number of carbonyl (C=O) groups is 2. The van der Waals surface area contributed by atoms with Gasteiger partial charge in [-0.15, -0.1) is 0 Å². The van der Waals surface area contributed by atoms with Crippen molar-refractivity contribution in [1.29, 1.82) is 0 Å². The van der Waals surface area contributed by atoms with Crippen LogP contribution >= 0.6 is 6.64 Å². The molecule has 0 radical (unpaired) electrons. The Balaban J connectivity index is 1.45. The number of allylic oxidation sites excluding steroid dienone is 1. The summed E-state index contributed by atoms with van der Waals surface area (Å²) >= 11 is 5.76. The fourth-order valence-electron chi connectivity index (χ4n) is 4.82. The molecule has 1 amide bonds. The molecular weight excluding hydrogens is 543 g/mol. The Hall–Kier alpha value is -2.11. The number of amides is 1. The minimum absolute atomic E-state index is 0.0776. The number of nitrogens with zero attached hydrogens (tertiary/aromatic N) is 1. The lowest BCUT2D eigenvalue weighted by Crippen LogP contribution is -2.53. The molecule has 2 unspecified atom stereocenters. The van der Waals surface area contributed by atoms with Crippen LogP contribution in [0.15, 0.2) is 54.8 Å². The summed E-state index contributed by atoms with van der Waals surface area (Å²) in [6, 6.07) is 7.97. The number of benzene rings is 1. The van der Waals surface area contributed by atoms with Gasteiger partial charge in [-0.05, 0) is 75.1 Å². The van der Waals surface area contributed by atoms with Crippen molar-refractivity contribution < 1.29 is 38.3 Å². The molecule has 3 N–H and O–H groups in total. The van der Waals surface area contributed by atoms with E-state index < -0.39 is 42.7 Å². The average molecular weight is 581 g/mol. The van der Waals surface area contributed by atoms with E-state index in [0.717, 1.165) is 32.1 Å². The van der Waals surface area contributed by atoms with Crippen LogP contribution in [0.4, 0.5) is 0 Å². The van der Waals surface area contributed by atoms with Gasteiger partial charge >= 0.3 is 12.6 Å². The third-order valence-electron chi connectivity index (χ3n) is 7.06.